The first-order chi connectivity index (χ1) is 6.27. The summed E-state index contributed by atoms with van der Waals surface area (Å²) in [6.45, 7) is 1.96. The van der Waals surface area contributed by atoms with Gasteiger partial charge in [-0.1, -0.05) is 19.8 Å². The van der Waals surface area contributed by atoms with Gasteiger partial charge in [0.05, 0.1) is 6.61 Å². The van der Waals surface area contributed by atoms with E-state index < -0.39 is 12.3 Å². The van der Waals surface area contributed by atoms with Gasteiger partial charge in [0.1, 0.15) is 6.10 Å². The number of aliphatic hydroxyl groups excluding tert-OH is 1. The minimum Gasteiger partial charge on any atom is -0.427 e. The number of cyclic esters (lactones) is 2. The largest absolute Gasteiger partial charge is 0.509 e. The van der Waals surface area contributed by atoms with E-state index in [2.05, 4.69) is 6.92 Å². The van der Waals surface area contributed by atoms with Gasteiger partial charge in [0.2, 0.25) is 0 Å². The van der Waals surface area contributed by atoms with Gasteiger partial charge in [-0.05, 0) is 12.8 Å². The molecule has 0 spiro atoms. The van der Waals surface area contributed by atoms with Crippen LogP contribution in [0.3, 0.4) is 0 Å². The molecule has 1 N–H and O–H groups in total. The van der Waals surface area contributed by atoms with E-state index in [-0.39, 0.29) is 12.7 Å². The average Bonchev–Trinajstić information content (AvgIpc) is 2.47. The summed E-state index contributed by atoms with van der Waals surface area (Å²) in [4.78, 5) is 10.7. The molecule has 0 saturated carbocycles. The van der Waals surface area contributed by atoms with Crippen molar-refractivity contribution in [2.24, 2.45) is 0 Å². The maximum Gasteiger partial charge on any atom is 0.509 e. The Balaban J connectivity index is 2.27. The van der Waals surface area contributed by atoms with Crippen molar-refractivity contribution in [3.05, 3.63) is 0 Å². The molecule has 0 aromatic carbocycles. The zero-order valence-electron chi connectivity index (χ0n) is 7.86. The van der Waals surface area contributed by atoms with Crippen molar-refractivity contribution in [1.82, 2.24) is 0 Å². The first-order valence-corrected chi connectivity index (χ1v) is 4.76. The zero-order chi connectivity index (χ0) is 9.68. The number of aliphatic hydroxyl groups is 1. The fourth-order valence-corrected chi connectivity index (χ4v) is 1.42. The first kappa shape index (κ1) is 10.3. The van der Waals surface area contributed by atoms with Crippen molar-refractivity contribution in [3.8, 4) is 0 Å². The SMILES string of the molecule is CCCCCC1OC(=O)OC1CO. The van der Waals surface area contributed by atoms with E-state index in [1.807, 2.05) is 0 Å². The first-order valence-electron chi connectivity index (χ1n) is 4.76. The second kappa shape index (κ2) is 5.07. The summed E-state index contributed by atoms with van der Waals surface area (Å²) in [6.07, 6.45) is 2.69. The van der Waals surface area contributed by atoms with Gasteiger partial charge in [-0.25, -0.2) is 4.79 Å². The zero-order valence-corrected chi connectivity index (χ0v) is 7.86. The molecule has 2 atom stereocenters. The monoisotopic (exact) mass is 188 g/mol. The summed E-state index contributed by atoms with van der Waals surface area (Å²) in [5.74, 6) is 0. The minimum absolute atomic E-state index is 0.150. The third-order valence-corrected chi connectivity index (χ3v) is 2.18. The average molecular weight is 188 g/mol. The highest BCUT2D eigenvalue weighted by atomic mass is 16.8. The minimum atomic E-state index is -0.652. The number of rotatable bonds is 5. The maximum absolute atomic E-state index is 10.7. The number of hydrogen-bond acceptors (Lipinski definition) is 4. The Morgan fingerprint density at radius 1 is 1.31 bits per heavy atom. The highest BCUT2D eigenvalue weighted by Gasteiger charge is 2.35. The molecular formula is C9H16O4. The molecule has 0 aromatic heterocycles. The molecular weight excluding hydrogens is 172 g/mol. The van der Waals surface area contributed by atoms with E-state index >= 15 is 0 Å². The van der Waals surface area contributed by atoms with E-state index in [1.165, 1.54) is 0 Å². The molecule has 0 amide bonds. The molecule has 1 fully saturated rings. The fraction of sp³-hybridized carbons (Fsp3) is 0.889. The molecule has 13 heavy (non-hydrogen) atoms. The van der Waals surface area contributed by atoms with Crippen LogP contribution < -0.4 is 0 Å². The Morgan fingerprint density at radius 2 is 2.00 bits per heavy atom. The van der Waals surface area contributed by atoms with Crippen molar-refractivity contribution < 1.29 is 19.4 Å². The standard InChI is InChI=1S/C9H16O4/c1-2-3-4-5-7-8(6-10)13-9(11)12-7/h7-8,10H,2-6H2,1H3. The Kier molecular flexibility index (Phi) is 4.02. The topological polar surface area (TPSA) is 55.8 Å². The predicted octanol–water partition coefficient (Wildman–Crippen LogP) is 1.46. The Morgan fingerprint density at radius 3 is 2.62 bits per heavy atom. The second-order valence-electron chi connectivity index (χ2n) is 3.24. The number of carbonyl (C=O) groups is 1. The maximum atomic E-state index is 10.7. The summed E-state index contributed by atoms with van der Waals surface area (Å²) < 4.78 is 9.63. The quantitative estimate of drug-likeness (QED) is 0.524. The van der Waals surface area contributed by atoms with E-state index in [0.29, 0.717) is 0 Å². The van der Waals surface area contributed by atoms with Crippen LogP contribution in [0.25, 0.3) is 0 Å². The number of carbonyl (C=O) groups excluding carboxylic acids is 1. The van der Waals surface area contributed by atoms with Gasteiger partial charge in [0, 0.05) is 0 Å². The Labute approximate surface area is 77.8 Å². The van der Waals surface area contributed by atoms with Gasteiger partial charge in [-0.3, -0.25) is 0 Å². The van der Waals surface area contributed by atoms with Crippen molar-refractivity contribution >= 4 is 6.16 Å². The number of ether oxygens (including phenoxy) is 2. The lowest BCUT2D eigenvalue weighted by molar-refractivity contribution is 0.0785. The fourth-order valence-electron chi connectivity index (χ4n) is 1.42. The van der Waals surface area contributed by atoms with Crippen molar-refractivity contribution in [2.75, 3.05) is 6.61 Å². The molecule has 1 heterocycles. The number of unbranched alkanes of at least 4 members (excludes halogenated alkanes) is 2. The third-order valence-electron chi connectivity index (χ3n) is 2.18. The molecule has 4 nitrogen and oxygen atoms in total. The molecule has 0 radical (unpaired) electrons. The molecule has 4 heteroatoms. The van der Waals surface area contributed by atoms with Crippen LogP contribution in [-0.4, -0.2) is 30.1 Å². The molecule has 76 valence electrons. The summed E-state index contributed by atoms with van der Waals surface area (Å²) >= 11 is 0. The smallest absolute Gasteiger partial charge is 0.427 e. The molecule has 0 aliphatic carbocycles. The van der Waals surface area contributed by atoms with Crippen LogP contribution in [-0.2, 0) is 9.47 Å². The van der Waals surface area contributed by atoms with Crippen molar-refractivity contribution in [3.63, 3.8) is 0 Å². The third kappa shape index (κ3) is 2.88. The van der Waals surface area contributed by atoms with Crippen LogP contribution in [0.1, 0.15) is 32.6 Å². The van der Waals surface area contributed by atoms with Gasteiger partial charge >= 0.3 is 6.16 Å². The van der Waals surface area contributed by atoms with Gasteiger partial charge in [-0.15, -0.1) is 0 Å². The predicted molar refractivity (Wildman–Crippen MR) is 46.4 cm³/mol. The van der Waals surface area contributed by atoms with Gasteiger partial charge in [0.25, 0.3) is 0 Å². The number of hydrogen-bond donors (Lipinski definition) is 1. The van der Waals surface area contributed by atoms with Crippen LogP contribution in [0.2, 0.25) is 0 Å². The molecule has 1 saturated heterocycles. The molecule has 0 aromatic rings. The Bertz CT molecular complexity index is 169. The van der Waals surface area contributed by atoms with Gasteiger partial charge in [-0.2, -0.15) is 0 Å². The molecule has 1 aliphatic heterocycles. The van der Waals surface area contributed by atoms with Crippen LogP contribution in [0, 0.1) is 0 Å². The van der Waals surface area contributed by atoms with Gasteiger partial charge < -0.3 is 14.6 Å². The van der Waals surface area contributed by atoms with Gasteiger partial charge in [0.15, 0.2) is 6.10 Å². The van der Waals surface area contributed by atoms with E-state index in [1.54, 1.807) is 0 Å². The normalized spacial score (nSPS) is 27.1. The van der Waals surface area contributed by atoms with Crippen LogP contribution in [0.5, 0.6) is 0 Å². The van der Waals surface area contributed by atoms with Crippen LogP contribution >= 0.6 is 0 Å². The van der Waals surface area contributed by atoms with E-state index in [0.717, 1.165) is 25.7 Å². The molecule has 0 bridgehead atoms. The molecule has 1 rings (SSSR count). The Hall–Kier alpha value is -0.770. The summed E-state index contributed by atoms with van der Waals surface area (Å²) in [5, 5.41) is 8.85. The van der Waals surface area contributed by atoms with Crippen LogP contribution in [0.15, 0.2) is 0 Å². The highest BCUT2D eigenvalue weighted by molar-refractivity contribution is 5.62. The van der Waals surface area contributed by atoms with Crippen molar-refractivity contribution in [1.29, 1.82) is 0 Å². The highest BCUT2D eigenvalue weighted by Crippen LogP contribution is 2.20. The lowest BCUT2D eigenvalue weighted by atomic mass is 10.1. The van der Waals surface area contributed by atoms with Crippen LogP contribution in [0.4, 0.5) is 4.79 Å². The van der Waals surface area contributed by atoms with Crippen molar-refractivity contribution in [2.45, 2.75) is 44.8 Å². The second-order valence-corrected chi connectivity index (χ2v) is 3.24. The lowest BCUT2D eigenvalue weighted by Crippen LogP contribution is -2.25. The molecule has 1 aliphatic rings. The van der Waals surface area contributed by atoms with E-state index in [4.69, 9.17) is 14.6 Å². The molecule has 2 unspecified atom stereocenters. The van der Waals surface area contributed by atoms with E-state index in [9.17, 15) is 4.79 Å². The summed E-state index contributed by atoms with van der Waals surface area (Å²) in [6, 6.07) is 0. The summed E-state index contributed by atoms with van der Waals surface area (Å²) in [7, 11) is 0. The summed E-state index contributed by atoms with van der Waals surface area (Å²) in [5.41, 5.74) is 0. The lowest BCUT2D eigenvalue weighted by Gasteiger charge is -2.11.